The first-order valence-corrected chi connectivity index (χ1v) is 10.1. The molecule has 2 aromatic rings. The topological polar surface area (TPSA) is 52.7 Å². The normalized spacial score (nSPS) is 19.6. The Hall–Kier alpha value is -2.53. The quantitative estimate of drug-likeness (QED) is 0.842. The second-order valence-electron chi connectivity index (χ2n) is 7.52. The average molecular weight is 398 g/mol. The third-order valence-corrected chi connectivity index (χ3v) is 5.99. The number of nitrogens with one attached hydrogen (secondary N) is 1. The first-order valence-electron chi connectivity index (χ1n) is 9.71. The second kappa shape index (κ2) is 7.84. The van der Waals surface area contributed by atoms with Crippen LogP contribution in [0.25, 0.3) is 0 Å². The Morgan fingerprint density at radius 1 is 1.18 bits per heavy atom. The van der Waals surface area contributed by atoms with Crippen molar-refractivity contribution in [3.05, 3.63) is 59.1 Å². The molecule has 2 heterocycles. The zero-order chi connectivity index (χ0) is 19.7. The summed E-state index contributed by atoms with van der Waals surface area (Å²) in [6, 6.07) is 15.9. The molecule has 146 valence electrons. The number of halogens is 1. The van der Waals surface area contributed by atoms with Crippen LogP contribution in [0.3, 0.4) is 0 Å². The average Bonchev–Trinajstić information content (AvgIpc) is 3.30. The van der Waals surface area contributed by atoms with Gasteiger partial charge in [-0.2, -0.15) is 0 Å². The predicted molar refractivity (Wildman–Crippen MR) is 112 cm³/mol. The molecule has 2 aromatic carbocycles. The minimum Gasteiger partial charge on any atom is -0.366 e. The van der Waals surface area contributed by atoms with Gasteiger partial charge < -0.3 is 15.1 Å². The Morgan fingerprint density at radius 3 is 2.68 bits per heavy atom. The van der Waals surface area contributed by atoms with Gasteiger partial charge in [0.2, 0.25) is 11.8 Å². The van der Waals surface area contributed by atoms with Crippen LogP contribution in [0.1, 0.15) is 18.9 Å². The van der Waals surface area contributed by atoms with E-state index >= 15 is 0 Å². The van der Waals surface area contributed by atoms with E-state index in [0.717, 1.165) is 13.0 Å². The molecule has 0 aromatic heterocycles. The van der Waals surface area contributed by atoms with Crippen molar-refractivity contribution in [1.29, 1.82) is 0 Å². The predicted octanol–water partition coefficient (Wildman–Crippen LogP) is 3.26. The highest BCUT2D eigenvalue weighted by Crippen LogP contribution is 2.31. The summed E-state index contributed by atoms with van der Waals surface area (Å²) in [5.74, 6) is -0.473. The van der Waals surface area contributed by atoms with Crippen LogP contribution < -0.4 is 15.1 Å². The molecule has 2 unspecified atom stereocenters. The van der Waals surface area contributed by atoms with Gasteiger partial charge in [-0.15, -0.1) is 0 Å². The molecule has 0 spiro atoms. The number of hydrogen-bond acceptors (Lipinski definition) is 3. The highest BCUT2D eigenvalue weighted by Gasteiger charge is 2.36. The fraction of sp³-hybridized carbons (Fsp3) is 0.364. The number of anilines is 2. The van der Waals surface area contributed by atoms with E-state index in [1.165, 1.54) is 11.3 Å². The zero-order valence-electron chi connectivity index (χ0n) is 15.9. The largest absolute Gasteiger partial charge is 0.366 e. The van der Waals surface area contributed by atoms with Crippen molar-refractivity contribution < 1.29 is 9.59 Å². The van der Waals surface area contributed by atoms with Gasteiger partial charge in [0.15, 0.2) is 0 Å². The summed E-state index contributed by atoms with van der Waals surface area (Å²) in [7, 11) is 0. The molecule has 1 N–H and O–H groups in total. The van der Waals surface area contributed by atoms with Crippen molar-refractivity contribution in [2.24, 2.45) is 5.92 Å². The summed E-state index contributed by atoms with van der Waals surface area (Å²) < 4.78 is 0. The Bertz CT molecular complexity index is 901. The Kier molecular flexibility index (Phi) is 5.27. The Morgan fingerprint density at radius 2 is 1.89 bits per heavy atom. The second-order valence-corrected chi connectivity index (χ2v) is 7.93. The van der Waals surface area contributed by atoms with E-state index in [-0.39, 0.29) is 30.2 Å². The van der Waals surface area contributed by atoms with E-state index in [9.17, 15) is 9.59 Å². The van der Waals surface area contributed by atoms with E-state index in [2.05, 4.69) is 41.4 Å². The lowest BCUT2D eigenvalue weighted by molar-refractivity contribution is -0.126. The van der Waals surface area contributed by atoms with Crippen molar-refractivity contribution in [2.75, 3.05) is 29.4 Å². The van der Waals surface area contributed by atoms with Crippen LogP contribution in [-0.2, 0) is 16.0 Å². The molecule has 0 radical (unpaired) electrons. The molecule has 0 saturated carbocycles. The van der Waals surface area contributed by atoms with E-state index in [0.29, 0.717) is 23.8 Å². The molecule has 0 bridgehead atoms. The van der Waals surface area contributed by atoms with Gasteiger partial charge in [0.25, 0.3) is 0 Å². The number of hydrogen-bond donors (Lipinski definition) is 1. The van der Waals surface area contributed by atoms with Crippen LogP contribution in [0.15, 0.2) is 48.5 Å². The molecule has 1 saturated heterocycles. The van der Waals surface area contributed by atoms with E-state index in [1.54, 1.807) is 11.0 Å². The van der Waals surface area contributed by atoms with Gasteiger partial charge in [0.05, 0.1) is 16.6 Å². The smallest absolute Gasteiger partial charge is 0.227 e. The third-order valence-electron chi connectivity index (χ3n) is 5.67. The van der Waals surface area contributed by atoms with Crippen LogP contribution in [0.5, 0.6) is 0 Å². The van der Waals surface area contributed by atoms with Gasteiger partial charge in [-0.1, -0.05) is 41.9 Å². The number of para-hydroxylation sites is 2. The number of rotatable bonds is 5. The molecule has 2 amide bonds. The molecular weight excluding hydrogens is 374 g/mol. The van der Waals surface area contributed by atoms with Crippen LogP contribution in [0.4, 0.5) is 11.4 Å². The fourth-order valence-corrected chi connectivity index (χ4v) is 4.35. The summed E-state index contributed by atoms with van der Waals surface area (Å²) in [4.78, 5) is 29.0. The first kappa shape index (κ1) is 18.8. The maximum Gasteiger partial charge on any atom is 0.227 e. The summed E-state index contributed by atoms with van der Waals surface area (Å²) in [5.41, 5.74) is 3.29. The molecule has 2 aliphatic heterocycles. The molecule has 5 nitrogen and oxygen atoms in total. The van der Waals surface area contributed by atoms with Crippen LogP contribution in [-0.4, -0.2) is 37.5 Å². The maximum absolute atomic E-state index is 12.7. The van der Waals surface area contributed by atoms with Crippen LogP contribution >= 0.6 is 11.6 Å². The molecule has 0 aliphatic carbocycles. The van der Waals surface area contributed by atoms with Gasteiger partial charge in [-0.05, 0) is 37.1 Å². The molecule has 4 rings (SSSR count). The molecule has 6 heteroatoms. The van der Waals surface area contributed by atoms with Crippen molar-refractivity contribution in [1.82, 2.24) is 5.32 Å². The van der Waals surface area contributed by atoms with Crippen LogP contribution in [0.2, 0.25) is 5.02 Å². The lowest BCUT2D eigenvalue weighted by atomic mass is 10.1. The zero-order valence-corrected chi connectivity index (χ0v) is 16.7. The van der Waals surface area contributed by atoms with Crippen molar-refractivity contribution in [2.45, 2.75) is 25.8 Å². The van der Waals surface area contributed by atoms with Gasteiger partial charge in [-0.3, -0.25) is 9.59 Å². The van der Waals surface area contributed by atoms with Crippen molar-refractivity contribution in [3.8, 4) is 0 Å². The van der Waals surface area contributed by atoms with Gasteiger partial charge >= 0.3 is 0 Å². The summed E-state index contributed by atoms with van der Waals surface area (Å²) in [5, 5.41) is 3.57. The number of carbonyl (C=O) groups excluding carboxylic acids is 2. The highest BCUT2D eigenvalue weighted by atomic mass is 35.5. The van der Waals surface area contributed by atoms with E-state index in [4.69, 9.17) is 11.6 Å². The van der Waals surface area contributed by atoms with Gasteiger partial charge in [-0.25, -0.2) is 0 Å². The number of benzene rings is 2. The van der Waals surface area contributed by atoms with Crippen molar-refractivity contribution >= 4 is 34.8 Å². The third kappa shape index (κ3) is 3.59. The monoisotopic (exact) mass is 397 g/mol. The lowest BCUT2D eigenvalue weighted by Crippen LogP contribution is -2.43. The SMILES string of the molecule is CC(CNC(=O)C1CC(=O)N(c2ccccc2Cl)C1)N1CCc2ccccc21. The standard InChI is InChI=1S/C22H24ClN3O2/c1-15(25-11-10-16-6-2-4-8-19(16)25)13-24-22(28)17-12-21(27)26(14-17)20-9-5-3-7-18(20)23/h2-9,15,17H,10-14H2,1H3,(H,24,28). The fourth-order valence-electron chi connectivity index (χ4n) is 4.11. The Balaban J connectivity index is 1.35. The molecular formula is C22H24ClN3O2. The Labute approximate surface area is 170 Å². The summed E-state index contributed by atoms with van der Waals surface area (Å²) in [6.45, 7) is 4.02. The van der Waals surface area contributed by atoms with Crippen LogP contribution in [0, 0.1) is 5.92 Å². The van der Waals surface area contributed by atoms with Gasteiger partial charge in [0.1, 0.15) is 0 Å². The number of carbonyl (C=O) groups is 2. The molecule has 2 atom stereocenters. The first-order chi connectivity index (χ1) is 13.5. The molecule has 2 aliphatic rings. The molecule has 28 heavy (non-hydrogen) atoms. The maximum atomic E-state index is 12.7. The lowest BCUT2D eigenvalue weighted by Gasteiger charge is -2.28. The van der Waals surface area contributed by atoms with E-state index < -0.39 is 0 Å². The highest BCUT2D eigenvalue weighted by molar-refractivity contribution is 6.33. The summed E-state index contributed by atoms with van der Waals surface area (Å²) >= 11 is 6.21. The number of nitrogens with zero attached hydrogens (tertiary/aromatic N) is 2. The number of fused-ring (bicyclic) bond motifs is 1. The summed E-state index contributed by atoms with van der Waals surface area (Å²) in [6.07, 6.45) is 1.26. The molecule has 1 fully saturated rings. The minimum atomic E-state index is -0.346. The van der Waals surface area contributed by atoms with E-state index in [1.807, 2.05) is 18.2 Å². The minimum absolute atomic E-state index is 0.0604. The van der Waals surface area contributed by atoms with Crippen molar-refractivity contribution in [3.63, 3.8) is 0 Å². The number of amides is 2. The van der Waals surface area contributed by atoms with Gasteiger partial charge in [0, 0.05) is 37.8 Å².